The highest BCUT2D eigenvalue weighted by molar-refractivity contribution is 6.28. The third-order valence-electron chi connectivity index (χ3n) is 0.403. The normalized spacial score (nSPS) is 29.2. The molecule has 6 heavy (non-hydrogen) atoms. The number of hydrogen-bond donors (Lipinski definition) is 0. The molecular formula is C2H2ClN3. The van der Waals surface area contributed by atoms with Gasteiger partial charge in [-0.3, -0.25) is 0 Å². The molecule has 0 radical (unpaired) electrons. The number of nitrogens with zero attached hydrogens (tertiary/aromatic N) is 3. The Labute approximate surface area is 39.7 Å². The van der Waals surface area contributed by atoms with Crippen molar-refractivity contribution in [1.29, 1.82) is 0 Å². The van der Waals surface area contributed by atoms with Gasteiger partial charge in [-0.1, -0.05) is 11.6 Å². The van der Waals surface area contributed by atoms with E-state index in [-0.39, 0.29) is 5.50 Å². The summed E-state index contributed by atoms with van der Waals surface area (Å²) in [4.78, 5) is 0. The van der Waals surface area contributed by atoms with Gasteiger partial charge in [-0.05, 0) is 5.22 Å². The van der Waals surface area contributed by atoms with Crippen molar-refractivity contribution in [2.45, 2.75) is 5.50 Å². The highest BCUT2D eigenvalue weighted by atomic mass is 35.5. The van der Waals surface area contributed by atoms with Crippen LogP contribution in [0.25, 0.3) is 0 Å². The third-order valence-corrected chi connectivity index (χ3v) is 0.603. The lowest BCUT2D eigenvalue weighted by atomic mass is 10.8. The van der Waals surface area contributed by atoms with E-state index in [4.69, 9.17) is 11.6 Å². The summed E-state index contributed by atoms with van der Waals surface area (Å²) in [6.07, 6.45) is 1.46. The molecule has 0 aromatic carbocycles. The molecule has 0 N–H and O–H groups in total. The Bertz CT molecular complexity index is 85.0. The first-order valence-electron chi connectivity index (χ1n) is 1.47. The minimum Gasteiger partial charge on any atom is -0.143 e. The molecule has 4 heteroatoms. The fourth-order valence-corrected chi connectivity index (χ4v) is 0.283. The van der Waals surface area contributed by atoms with Crippen LogP contribution in [0, 0.1) is 0 Å². The predicted molar refractivity (Wildman–Crippen MR) is 23.0 cm³/mol. The van der Waals surface area contributed by atoms with E-state index in [2.05, 4.69) is 15.4 Å². The second-order valence-corrected chi connectivity index (χ2v) is 1.29. The van der Waals surface area contributed by atoms with Crippen molar-refractivity contribution in [2.24, 2.45) is 15.4 Å². The predicted octanol–water partition coefficient (Wildman–Crippen LogP) is 1.00. The molecule has 0 aliphatic carbocycles. The smallest absolute Gasteiger partial charge is 0.143 e. The van der Waals surface area contributed by atoms with Crippen LogP contribution in [0.3, 0.4) is 0 Å². The first-order valence-corrected chi connectivity index (χ1v) is 1.90. The van der Waals surface area contributed by atoms with E-state index in [0.717, 1.165) is 0 Å². The van der Waals surface area contributed by atoms with Crippen LogP contribution in [0.5, 0.6) is 0 Å². The van der Waals surface area contributed by atoms with Crippen molar-refractivity contribution in [3.63, 3.8) is 0 Å². The van der Waals surface area contributed by atoms with Crippen LogP contribution in [0.2, 0.25) is 0 Å². The minimum absolute atomic E-state index is 0.315. The number of halogens is 1. The van der Waals surface area contributed by atoms with Gasteiger partial charge in [0.2, 0.25) is 0 Å². The highest BCUT2D eigenvalue weighted by Crippen LogP contribution is 2.00. The summed E-state index contributed by atoms with van der Waals surface area (Å²) < 4.78 is 0. The molecule has 3 nitrogen and oxygen atoms in total. The lowest BCUT2D eigenvalue weighted by molar-refractivity contribution is 1.03. The molecule has 0 aromatic rings. The van der Waals surface area contributed by atoms with Crippen molar-refractivity contribution in [1.82, 2.24) is 0 Å². The van der Waals surface area contributed by atoms with Gasteiger partial charge >= 0.3 is 0 Å². The summed E-state index contributed by atoms with van der Waals surface area (Å²) in [5, 5.41) is 10.00. The molecule has 1 aliphatic heterocycles. The molecule has 1 heterocycles. The third kappa shape index (κ3) is 0.542. The molecule has 0 aromatic heterocycles. The quantitative estimate of drug-likeness (QED) is 0.324. The van der Waals surface area contributed by atoms with E-state index in [9.17, 15) is 0 Å². The Balaban J connectivity index is 2.60. The lowest BCUT2D eigenvalue weighted by Gasteiger charge is -1.74. The molecule has 1 aliphatic rings. The van der Waals surface area contributed by atoms with E-state index in [1.807, 2.05) is 0 Å². The topological polar surface area (TPSA) is 37.1 Å². The maximum atomic E-state index is 5.30. The lowest BCUT2D eigenvalue weighted by Crippen LogP contribution is -1.85. The number of alkyl halides is 1. The average molecular weight is 104 g/mol. The molecule has 32 valence electrons. The fourth-order valence-electron chi connectivity index (χ4n) is 0.194. The van der Waals surface area contributed by atoms with E-state index in [1.54, 1.807) is 0 Å². The Morgan fingerprint density at radius 3 is 2.67 bits per heavy atom. The zero-order valence-electron chi connectivity index (χ0n) is 2.87. The average Bonchev–Trinajstić information content (AvgIpc) is 1.86. The van der Waals surface area contributed by atoms with Crippen molar-refractivity contribution in [3.8, 4) is 0 Å². The van der Waals surface area contributed by atoms with Gasteiger partial charge in [-0.25, -0.2) is 0 Å². The molecule has 1 atom stereocenters. The molecule has 1 unspecified atom stereocenters. The Morgan fingerprint density at radius 2 is 2.50 bits per heavy atom. The molecular weight excluding hydrogens is 101 g/mol. The van der Waals surface area contributed by atoms with Gasteiger partial charge < -0.3 is 0 Å². The standard InChI is InChI=1S/C2H2ClN3/c3-2-1-4-6-5-2/h1-2H. The second kappa shape index (κ2) is 1.34. The van der Waals surface area contributed by atoms with Crippen LogP contribution in [-0.2, 0) is 0 Å². The summed E-state index contributed by atoms with van der Waals surface area (Å²) in [6, 6.07) is 0. The Morgan fingerprint density at radius 1 is 1.67 bits per heavy atom. The molecule has 0 bridgehead atoms. The maximum Gasteiger partial charge on any atom is 0.183 e. The second-order valence-electron chi connectivity index (χ2n) is 0.842. The van der Waals surface area contributed by atoms with Gasteiger partial charge in [0, 0.05) is 0 Å². The summed E-state index contributed by atoms with van der Waals surface area (Å²) in [5.74, 6) is 0. The van der Waals surface area contributed by atoms with Crippen LogP contribution in [0.1, 0.15) is 0 Å². The molecule has 0 amide bonds. The summed E-state index contributed by atoms with van der Waals surface area (Å²) in [7, 11) is 0. The maximum absolute atomic E-state index is 5.30. The van der Waals surface area contributed by atoms with Crippen LogP contribution in [0.15, 0.2) is 15.4 Å². The molecule has 0 spiro atoms. The number of rotatable bonds is 0. The van der Waals surface area contributed by atoms with Gasteiger partial charge in [-0.2, -0.15) is 0 Å². The van der Waals surface area contributed by atoms with E-state index in [1.165, 1.54) is 6.21 Å². The van der Waals surface area contributed by atoms with Crippen molar-refractivity contribution in [2.75, 3.05) is 0 Å². The van der Waals surface area contributed by atoms with E-state index in [0.29, 0.717) is 0 Å². The Kier molecular flexibility index (Phi) is 0.837. The summed E-state index contributed by atoms with van der Waals surface area (Å²) in [5.41, 5.74) is -0.315. The van der Waals surface area contributed by atoms with Crippen LogP contribution in [0.4, 0.5) is 0 Å². The molecule has 0 saturated carbocycles. The number of hydrogen-bond acceptors (Lipinski definition) is 3. The Hall–Kier alpha value is -0.440. The first-order chi connectivity index (χ1) is 2.89. The zero-order valence-corrected chi connectivity index (χ0v) is 3.63. The van der Waals surface area contributed by atoms with Crippen LogP contribution < -0.4 is 0 Å². The molecule has 0 saturated heterocycles. The summed E-state index contributed by atoms with van der Waals surface area (Å²) in [6.45, 7) is 0. The van der Waals surface area contributed by atoms with E-state index >= 15 is 0 Å². The van der Waals surface area contributed by atoms with Crippen LogP contribution >= 0.6 is 11.6 Å². The molecule has 1 rings (SSSR count). The van der Waals surface area contributed by atoms with Gasteiger partial charge in [0.25, 0.3) is 0 Å². The highest BCUT2D eigenvalue weighted by Gasteiger charge is 1.97. The fraction of sp³-hybridized carbons (Fsp3) is 0.500. The van der Waals surface area contributed by atoms with E-state index < -0.39 is 0 Å². The van der Waals surface area contributed by atoms with Crippen molar-refractivity contribution in [3.05, 3.63) is 0 Å². The van der Waals surface area contributed by atoms with Crippen molar-refractivity contribution < 1.29 is 0 Å². The van der Waals surface area contributed by atoms with Gasteiger partial charge in [0.1, 0.15) is 0 Å². The van der Waals surface area contributed by atoms with Gasteiger partial charge in [0.15, 0.2) is 5.50 Å². The van der Waals surface area contributed by atoms with Gasteiger partial charge in [-0.15, -0.1) is 10.2 Å². The zero-order chi connectivity index (χ0) is 4.41. The SMILES string of the molecule is ClC1C=NN=N1. The summed E-state index contributed by atoms with van der Waals surface area (Å²) >= 11 is 5.30. The largest absolute Gasteiger partial charge is 0.183 e. The van der Waals surface area contributed by atoms with Crippen molar-refractivity contribution >= 4 is 17.8 Å². The monoisotopic (exact) mass is 103 g/mol. The van der Waals surface area contributed by atoms with Crippen LogP contribution in [-0.4, -0.2) is 11.7 Å². The van der Waals surface area contributed by atoms with Gasteiger partial charge in [0.05, 0.1) is 6.21 Å². The molecule has 0 fully saturated rings. The first kappa shape index (κ1) is 3.74. The minimum atomic E-state index is -0.315.